The van der Waals surface area contributed by atoms with Gasteiger partial charge in [0.15, 0.2) is 0 Å². The van der Waals surface area contributed by atoms with E-state index >= 15 is 0 Å². The second kappa shape index (κ2) is 12.4. The van der Waals surface area contributed by atoms with Crippen LogP contribution in [-0.2, 0) is 4.79 Å². The van der Waals surface area contributed by atoms with Gasteiger partial charge in [0.2, 0.25) is 5.91 Å². The Bertz CT molecular complexity index is 815. The summed E-state index contributed by atoms with van der Waals surface area (Å²) in [5, 5.41) is 3.06. The predicted molar refractivity (Wildman–Crippen MR) is 125 cm³/mol. The van der Waals surface area contributed by atoms with E-state index in [0.717, 1.165) is 45.3 Å². The van der Waals surface area contributed by atoms with Crippen molar-refractivity contribution in [1.29, 1.82) is 0 Å². The molecule has 1 aliphatic rings. The molecule has 1 heterocycles. The maximum atomic E-state index is 12.2. The van der Waals surface area contributed by atoms with Crippen LogP contribution in [0.2, 0.25) is 0 Å². The Morgan fingerprint density at radius 2 is 1.67 bits per heavy atom. The summed E-state index contributed by atoms with van der Waals surface area (Å²) in [6.07, 6.45) is 12.5. The van der Waals surface area contributed by atoms with Gasteiger partial charge in [-0.15, -0.1) is 0 Å². The molecule has 1 aliphatic heterocycles. The molecule has 156 valence electrons. The summed E-state index contributed by atoms with van der Waals surface area (Å²) in [7, 11) is 0. The summed E-state index contributed by atoms with van der Waals surface area (Å²) in [5.74, 6) is 0.125. The molecule has 2 aromatic carbocycles. The molecule has 0 spiro atoms. The van der Waals surface area contributed by atoms with E-state index in [0.29, 0.717) is 6.42 Å². The molecule has 4 heteroatoms. The molecule has 0 atom stereocenters. The van der Waals surface area contributed by atoms with Crippen LogP contribution in [0.25, 0.3) is 5.57 Å². The lowest BCUT2D eigenvalue weighted by molar-refractivity contribution is -0.121. The molecule has 0 saturated carbocycles. The number of rotatable bonds is 11. The molecule has 3 rings (SSSR count). The Balaban J connectivity index is 1.38. The molecule has 30 heavy (non-hydrogen) atoms. The van der Waals surface area contributed by atoms with Crippen molar-refractivity contribution in [3.8, 4) is 0 Å². The summed E-state index contributed by atoms with van der Waals surface area (Å²) in [6.45, 7) is 2.72. The monoisotopic (exact) mass is 401 g/mol. The number of benzene rings is 2. The fourth-order valence-corrected chi connectivity index (χ4v) is 3.49. The summed E-state index contributed by atoms with van der Waals surface area (Å²) in [4.78, 5) is 18.5. The molecular formula is C26H31N3O. The van der Waals surface area contributed by atoms with Gasteiger partial charge in [0.25, 0.3) is 0 Å². The number of carbonyl (C=O) groups excluding carboxylic acids is 1. The molecule has 0 fully saturated rings. The van der Waals surface area contributed by atoms with E-state index in [-0.39, 0.29) is 5.91 Å². The van der Waals surface area contributed by atoms with Gasteiger partial charge in [0, 0.05) is 32.3 Å². The van der Waals surface area contributed by atoms with Gasteiger partial charge in [-0.2, -0.15) is 0 Å². The molecule has 0 saturated heterocycles. The van der Waals surface area contributed by atoms with E-state index in [1.807, 2.05) is 48.9 Å². The van der Waals surface area contributed by atoms with Crippen molar-refractivity contribution in [1.82, 2.24) is 10.2 Å². The molecule has 0 aliphatic carbocycles. The lowest BCUT2D eigenvalue weighted by atomic mass is 9.96. The standard InChI is InChI=1S/C26H31N3O/c30-26(28-19-8-3-9-20-29-21-11-18-27-22-29)17-10-16-25(23-12-4-1-5-13-23)24-14-6-2-7-15-24/h1-2,4-7,11-16,18,22H,3,8-10,17,19-21H2,(H,28,30). The Labute approximate surface area is 180 Å². The lowest BCUT2D eigenvalue weighted by Crippen LogP contribution is -2.26. The average Bonchev–Trinajstić information content (AvgIpc) is 2.81. The van der Waals surface area contributed by atoms with Crippen LogP contribution >= 0.6 is 0 Å². The van der Waals surface area contributed by atoms with E-state index < -0.39 is 0 Å². The second-order valence-corrected chi connectivity index (χ2v) is 7.44. The van der Waals surface area contributed by atoms with E-state index in [4.69, 9.17) is 0 Å². The third-order valence-electron chi connectivity index (χ3n) is 5.10. The number of hydrogen-bond donors (Lipinski definition) is 1. The first-order chi connectivity index (χ1) is 14.8. The van der Waals surface area contributed by atoms with Crippen LogP contribution in [0.3, 0.4) is 0 Å². The largest absolute Gasteiger partial charge is 0.359 e. The van der Waals surface area contributed by atoms with Crippen LogP contribution in [0.4, 0.5) is 0 Å². The highest BCUT2D eigenvalue weighted by molar-refractivity contribution is 5.81. The van der Waals surface area contributed by atoms with E-state index in [1.54, 1.807) is 0 Å². The second-order valence-electron chi connectivity index (χ2n) is 7.44. The first kappa shape index (κ1) is 21.6. The molecule has 0 unspecified atom stereocenters. The van der Waals surface area contributed by atoms with Gasteiger partial charge in [0.1, 0.15) is 0 Å². The van der Waals surface area contributed by atoms with E-state index in [9.17, 15) is 4.79 Å². The fourth-order valence-electron chi connectivity index (χ4n) is 3.49. The molecule has 0 bridgehead atoms. The molecule has 4 nitrogen and oxygen atoms in total. The summed E-state index contributed by atoms with van der Waals surface area (Å²) in [6, 6.07) is 20.7. The van der Waals surface area contributed by atoms with Crippen molar-refractivity contribution in [2.24, 2.45) is 4.99 Å². The molecular weight excluding hydrogens is 370 g/mol. The molecule has 0 aromatic heterocycles. The SMILES string of the molecule is O=C(CCC=C(c1ccccc1)c1ccccc1)NCCCCCN1C=NC=CC1. The predicted octanol–water partition coefficient (Wildman–Crippen LogP) is 5.04. The van der Waals surface area contributed by atoms with Crippen LogP contribution in [0.15, 0.2) is 84.0 Å². The lowest BCUT2D eigenvalue weighted by Gasteiger charge is -2.18. The number of amides is 1. The maximum absolute atomic E-state index is 12.2. The zero-order valence-electron chi connectivity index (χ0n) is 17.5. The van der Waals surface area contributed by atoms with E-state index in [2.05, 4.69) is 51.6 Å². The van der Waals surface area contributed by atoms with Gasteiger partial charge < -0.3 is 10.2 Å². The minimum atomic E-state index is 0.125. The van der Waals surface area contributed by atoms with E-state index in [1.165, 1.54) is 16.7 Å². The number of aliphatic imine (C=N–C) groups is 1. The van der Waals surface area contributed by atoms with Crippen molar-refractivity contribution >= 4 is 17.8 Å². The van der Waals surface area contributed by atoms with Crippen molar-refractivity contribution in [2.45, 2.75) is 32.1 Å². The Morgan fingerprint density at radius 3 is 2.30 bits per heavy atom. The van der Waals surface area contributed by atoms with Gasteiger partial charge in [-0.3, -0.25) is 4.79 Å². The first-order valence-corrected chi connectivity index (χ1v) is 10.8. The topological polar surface area (TPSA) is 44.7 Å². The van der Waals surface area contributed by atoms with Gasteiger partial charge in [-0.1, -0.05) is 66.7 Å². The third kappa shape index (κ3) is 7.36. The first-order valence-electron chi connectivity index (χ1n) is 10.8. The Morgan fingerprint density at radius 1 is 0.967 bits per heavy atom. The number of carbonyl (C=O) groups is 1. The van der Waals surface area contributed by atoms with Gasteiger partial charge in [0.05, 0.1) is 6.34 Å². The molecule has 0 radical (unpaired) electrons. The van der Waals surface area contributed by atoms with Crippen LogP contribution < -0.4 is 5.32 Å². The van der Waals surface area contributed by atoms with Crippen LogP contribution in [0.1, 0.15) is 43.2 Å². The number of allylic oxidation sites excluding steroid dienone is 1. The quantitative estimate of drug-likeness (QED) is 0.536. The minimum absolute atomic E-state index is 0.125. The van der Waals surface area contributed by atoms with Gasteiger partial charge in [-0.25, -0.2) is 4.99 Å². The zero-order valence-corrected chi connectivity index (χ0v) is 17.5. The fraction of sp³-hybridized carbons (Fsp3) is 0.308. The average molecular weight is 402 g/mol. The summed E-state index contributed by atoms with van der Waals surface area (Å²) in [5.41, 5.74) is 3.54. The number of hydrogen-bond acceptors (Lipinski definition) is 3. The summed E-state index contributed by atoms with van der Waals surface area (Å²) >= 11 is 0. The highest BCUT2D eigenvalue weighted by Crippen LogP contribution is 2.23. The van der Waals surface area contributed by atoms with Crippen molar-refractivity contribution in [3.63, 3.8) is 0 Å². The number of nitrogens with zero attached hydrogens (tertiary/aromatic N) is 2. The molecule has 2 aromatic rings. The number of unbranched alkanes of at least 4 members (excludes halogenated alkanes) is 2. The van der Waals surface area contributed by atoms with Gasteiger partial charge >= 0.3 is 0 Å². The van der Waals surface area contributed by atoms with Crippen molar-refractivity contribution < 1.29 is 4.79 Å². The molecule has 1 N–H and O–H groups in total. The number of nitrogens with one attached hydrogen (secondary N) is 1. The Kier molecular flexibility index (Phi) is 8.93. The maximum Gasteiger partial charge on any atom is 0.220 e. The molecule has 1 amide bonds. The zero-order chi connectivity index (χ0) is 20.9. The Hall–Kier alpha value is -3.14. The summed E-state index contributed by atoms with van der Waals surface area (Å²) < 4.78 is 0. The van der Waals surface area contributed by atoms with Crippen molar-refractivity contribution in [3.05, 3.63) is 90.1 Å². The van der Waals surface area contributed by atoms with Crippen LogP contribution in [-0.4, -0.2) is 36.8 Å². The highest BCUT2D eigenvalue weighted by Gasteiger charge is 2.06. The van der Waals surface area contributed by atoms with Gasteiger partial charge in [-0.05, 0) is 48.5 Å². The van der Waals surface area contributed by atoms with Crippen LogP contribution in [0, 0.1) is 0 Å². The smallest absolute Gasteiger partial charge is 0.220 e. The minimum Gasteiger partial charge on any atom is -0.359 e. The third-order valence-corrected chi connectivity index (χ3v) is 5.10. The highest BCUT2D eigenvalue weighted by atomic mass is 16.1. The van der Waals surface area contributed by atoms with Crippen molar-refractivity contribution in [2.75, 3.05) is 19.6 Å². The normalized spacial score (nSPS) is 12.6. The van der Waals surface area contributed by atoms with Crippen LogP contribution in [0.5, 0.6) is 0 Å².